The molecule has 4 saturated carbocycles. The molecule has 5 aliphatic rings. The molecular weight excluding hydrogens is 424 g/mol. The Kier molecular flexibility index (Phi) is 2.89. The van der Waals surface area contributed by atoms with Gasteiger partial charge in [0.15, 0.2) is 0 Å². The van der Waals surface area contributed by atoms with Gasteiger partial charge in [-0.2, -0.15) is 0 Å². The van der Waals surface area contributed by atoms with Crippen molar-refractivity contribution in [3.63, 3.8) is 0 Å². The fourth-order valence-corrected chi connectivity index (χ4v) is 7.86. The molecule has 0 unspecified atom stereocenters. The summed E-state index contributed by atoms with van der Waals surface area (Å²) < 4.78 is 2.47. The molecule has 5 aliphatic carbocycles. The minimum Gasteiger partial charge on any atom is -0.0529 e. The van der Waals surface area contributed by atoms with E-state index in [9.17, 15) is 0 Å². The summed E-state index contributed by atoms with van der Waals surface area (Å²) in [5.74, 6) is 3.70. The van der Waals surface area contributed by atoms with Gasteiger partial charge in [-0.15, -0.1) is 0 Å². The third-order valence-corrected chi connectivity index (χ3v) is 8.56. The Balaban J connectivity index is 1.69. The third kappa shape index (κ3) is 1.65. The van der Waals surface area contributed by atoms with Crippen molar-refractivity contribution in [2.24, 2.45) is 23.7 Å². The molecule has 0 heterocycles. The number of halogens is 2. The van der Waals surface area contributed by atoms with Crippen LogP contribution in [-0.4, -0.2) is 0 Å². The maximum absolute atomic E-state index is 3.77. The molecule has 0 amide bonds. The summed E-state index contributed by atoms with van der Waals surface area (Å²) in [6.07, 6.45) is 7.31. The molecule has 4 bridgehead atoms. The average molecular weight is 444 g/mol. The maximum Gasteiger partial charge on any atom is 0.0272 e. The number of fused-ring (bicyclic) bond motifs is 3. The maximum atomic E-state index is 3.77. The molecule has 2 aromatic rings. The van der Waals surface area contributed by atoms with Crippen LogP contribution in [0.4, 0.5) is 0 Å². The largest absolute Gasteiger partial charge is 0.0529 e. The first-order valence-electron chi connectivity index (χ1n) is 9.26. The highest BCUT2D eigenvalue weighted by molar-refractivity contribution is 9.10. The first-order chi connectivity index (χ1) is 11.7. The summed E-state index contributed by atoms with van der Waals surface area (Å²) >= 11 is 7.53. The van der Waals surface area contributed by atoms with Crippen LogP contribution < -0.4 is 0 Å². The first kappa shape index (κ1) is 14.6. The summed E-state index contributed by atoms with van der Waals surface area (Å²) in [7, 11) is 0. The van der Waals surface area contributed by atoms with E-state index < -0.39 is 0 Å². The quantitative estimate of drug-likeness (QED) is 0.413. The molecule has 0 N–H and O–H groups in total. The molecule has 0 aromatic heterocycles. The number of benzene rings is 2. The van der Waals surface area contributed by atoms with Gasteiger partial charge in [0.1, 0.15) is 0 Å². The van der Waals surface area contributed by atoms with Crippen molar-refractivity contribution in [3.05, 3.63) is 56.5 Å². The summed E-state index contributed by atoms with van der Waals surface area (Å²) in [6.45, 7) is 0. The standard InChI is InChI=1S/C22H20Br2/c23-16-1-3-18-19-4-2-17(24)11-21(19)22(20(18)10-16)14-6-12-5-13(8-14)9-15(22)7-12/h1-4,10-15H,5-9H2. The Morgan fingerprint density at radius 1 is 0.667 bits per heavy atom. The highest BCUT2D eigenvalue weighted by Gasteiger charge is 2.61. The van der Waals surface area contributed by atoms with E-state index >= 15 is 0 Å². The second-order valence-corrected chi connectivity index (χ2v) is 10.4. The van der Waals surface area contributed by atoms with Crippen LogP contribution in [0, 0.1) is 23.7 Å². The molecule has 1 spiro atoms. The van der Waals surface area contributed by atoms with Gasteiger partial charge in [-0.1, -0.05) is 44.0 Å². The predicted molar refractivity (Wildman–Crippen MR) is 105 cm³/mol. The lowest BCUT2D eigenvalue weighted by Crippen LogP contribution is -2.55. The molecule has 0 radical (unpaired) electrons. The number of hydrogen-bond acceptors (Lipinski definition) is 0. The molecule has 0 nitrogen and oxygen atoms in total. The van der Waals surface area contributed by atoms with E-state index in [2.05, 4.69) is 68.3 Å². The zero-order valence-electron chi connectivity index (χ0n) is 13.6. The highest BCUT2D eigenvalue weighted by Crippen LogP contribution is 2.69. The second kappa shape index (κ2) is 4.76. The smallest absolute Gasteiger partial charge is 0.0272 e. The lowest BCUT2D eigenvalue weighted by molar-refractivity contribution is -0.0399. The van der Waals surface area contributed by atoms with Gasteiger partial charge >= 0.3 is 0 Å². The Morgan fingerprint density at radius 2 is 1.12 bits per heavy atom. The predicted octanol–water partition coefficient (Wildman–Crippen LogP) is 6.93. The van der Waals surface area contributed by atoms with Crippen molar-refractivity contribution >= 4 is 31.9 Å². The van der Waals surface area contributed by atoms with Crippen LogP contribution in [-0.2, 0) is 5.41 Å². The van der Waals surface area contributed by atoms with Crippen molar-refractivity contribution in [1.29, 1.82) is 0 Å². The van der Waals surface area contributed by atoms with Gasteiger partial charge in [-0.05, 0) is 102 Å². The van der Waals surface area contributed by atoms with Gasteiger partial charge in [-0.25, -0.2) is 0 Å². The van der Waals surface area contributed by atoms with Gasteiger partial charge in [-0.3, -0.25) is 0 Å². The van der Waals surface area contributed by atoms with Crippen LogP contribution in [0.1, 0.15) is 43.2 Å². The summed E-state index contributed by atoms with van der Waals surface area (Å²) in [4.78, 5) is 0. The van der Waals surface area contributed by atoms with Crippen LogP contribution in [0.15, 0.2) is 45.3 Å². The van der Waals surface area contributed by atoms with E-state index in [-0.39, 0.29) is 5.41 Å². The zero-order valence-corrected chi connectivity index (χ0v) is 16.7. The molecule has 0 atom stereocenters. The van der Waals surface area contributed by atoms with Crippen LogP contribution in [0.25, 0.3) is 11.1 Å². The second-order valence-electron chi connectivity index (χ2n) is 8.55. The lowest BCUT2D eigenvalue weighted by atomic mass is 9.43. The Labute approximate surface area is 160 Å². The molecule has 0 saturated heterocycles. The average Bonchev–Trinajstić information content (AvgIpc) is 2.81. The Hall–Kier alpha value is -0.600. The van der Waals surface area contributed by atoms with E-state index in [1.807, 2.05) is 0 Å². The minimum atomic E-state index is 0.283. The van der Waals surface area contributed by atoms with Gasteiger partial charge in [0.05, 0.1) is 0 Å². The monoisotopic (exact) mass is 442 g/mol. The lowest BCUT2D eigenvalue weighted by Gasteiger charge is -2.61. The van der Waals surface area contributed by atoms with Crippen molar-refractivity contribution in [2.45, 2.75) is 37.5 Å². The summed E-state index contributed by atoms with van der Waals surface area (Å²) in [6, 6.07) is 14.1. The summed E-state index contributed by atoms with van der Waals surface area (Å²) in [5.41, 5.74) is 6.52. The van der Waals surface area contributed by atoms with Crippen LogP contribution in [0.2, 0.25) is 0 Å². The van der Waals surface area contributed by atoms with Crippen molar-refractivity contribution in [3.8, 4) is 11.1 Å². The van der Waals surface area contributed by atoms with Crippen molar-refractivity contribution < 1.29 is 0 Å². The molecule has 2 heteroatoms. The fourth-order valence-electron chi connectivity index (χ4n) is 7.14. The fraction of sp³-hybridized carbons (Fsp3) is 0.455. The molecule has 122 valence electrons. The molecule has 7 rings (SSSR count). The molecule has 24 heavy (non-hydrogen) atoms. The van der Waals surface area contributed by atoms with Crippen molar-refractivity contribution in [1.82, 2.24) is 0 Å². The molecular formula is C22H20Br2. The van der Waals surface area contributed by atoms with Crippen LogP contribution in [0.5, 0.6) is 0 Å². The minimum absolute atomic E-state index is 0.283. The van der Waals surface area contributed by atoms with E-state index in [0.29, 0.717) is 0 Å². The molecule has 2 aromatic carbocycles. The van der Waals surface area contributed by atoms with Crippen LogP contribution >= 0.6 is 31.9 Å². The van der Waals surface area contributed by atoms with Gasteiger partial charge in [0, 0.05) is 14.4 Å². The SMILES string of the molecule is Brc1ccc2c(c1)C1(c3cc(Br)ccc3-2)C2CC3CC(C2)CC1C3. The van der Waals surface area contributed by atoms with E-state index in [0.717, 1.165) is 23.7 Å². The van der Waals surface area contributed by atoms with Gasteiger partial charge in [0.25, 0.3) is 0 Å². The number of hydrogen-bond donors (Lipinski definition) is 0. The molecule has 4 fully saturated rings. The summed E-state index contributed by atoms with van der Waals surface area (Å²) in [5, 5.41) is 0. The Morgan fingerprint density at radius 3 is 1.58 bits per heavy atom. The molecule has 0 aliphatic heterocycles. The third-order valence-electron chi connectivity index (χ3n) is 7.57. The Bertz CT molecular complexity index is 785. The highest BCUT2D eigenvalue weighted by atomic mass is 79.9. The van der Waals surface area contributed by atoms with E-state index in [1.54, 1.807) is 11.1 Å². The zero-order chi connectivity index (χ0) is 16.1. The van der Waals surface area contributed by atoms with Gasteiger partial charge < -0.3 is 0 Å². The first-order valence-corrected chi connectivity index (χ1v) is 10.8. The van der Waals surface area contributed by atoms with Crippen LogP contribution in [0.3, 0.4) is 0 Å². The topological polar surface area (TPSA) is 0 Å². The number of rotatable bonds is 0. The van der Waals surface area contributed by atoms with Gasteiger partial charge in [0.2, 0.25) is 0 Å². The van der Waals surface area contributed by atoms with E-state index in [1.165, 1.54) is 52.2 Å². The van der Waals surface area contributed by atoms with Crippen molar-refractivity contribution in [2.75, 3.05) is 0 Å². The van der Waals surface area contributed by atoms with E-state index in [4.69, 9.17) is 0 Å². The normalized spacial score (nSPS) is 33.8.